The minimum absolute atomic E-state index is 0.0702. The number of halogens is 1. The van der Waals surface area contributed by atoms with Crippen LogP contribution in [-0.4, -0.2) is 20.7 Å². The van der Waals surface area contributed by atoms with Crippen molar-refractivity contribution >= 4 is 23.5 Å². The van der Waals surface area contributed by atoms with Crippen molar-refractivity contribution in [3.8, 4) is 5.75 Å². The van der Waals surface area contributed by atoms with Gasteiger partial charge in [-0.15, -0.1) is 0 Å². The molecular formula is C17H19ClN2O2. The van der Waals surface area contributed by atoms with E-state index in [2.05, 4.69) is 12.0 Å². The Balaban J connectivity index is 2.19. The van der Waals surface area contributed by atoms with Crippen molar-refractivity contribution in [1.82, 2.24) is 9.78 Å². The van der Waals surface area contributed by atoms with E-state index in [0.29, 0.717) is 10.7 Å². The summed E-state index contributed by atoms with van der Waals surface area (Å²) in [5, 5.41) is 14.4. The second-order valence-electron chi connectivity index (χ2n) is 5.11. The van der Waals surface area contributed by atoms with Gasteiger partial charge in [-0.3, -0.25) is 9.48 Å². The molecule has 22 heavy (non-hydrogen) atoms. The van der Waals surface area contributed by atoms with Gasteiger partial charge in [-0.1, -0.05) is 37.1 Å². The first-order chi connectivity index (χ1) is 10.5. The topological polar surface area (TPSA) is 55.1 Å². The Morgan fingerprint density at radius 1 is 1.45 bits per heavy atom. The lowest BCUT2D eigenvalue weighted by Crippen LogP contribution is -1.99. The van der Waals surface area contributed by atoms with Crippen LogP contribution in [0, 0.1) is 6.92 Å². The number of aromatic hydroxyl groups is 1. The molecule has 4 nitrogen and oxygen atoms in total. The van der Waals surface area contributed by atoms with Gasteiger partial charge in [0.2, 0.25) is 0 Å². The van der Waals surface area contributed by atoms with E-state index in [1.807, 2.05) is 6.92 Å². The van der Waals surface area contributed by atoms with Gasteiger partial charge in [0.05, 0.1) is 5.69 Å². The highest BCUT2D eigenvalue weighted by Crippen LogP contribution is 2.22. The molecule has 2 aromatic rings. The Labute approximate surface area is 135 Å². The summed E-state index contributed by atoms with van der Waals surface area (Å²) >= 11 is 6.32. The molecule has 0 aliphatic carbocycles. The fourth-order valence-electron chi connectivity index (χ4n) is 2.13. The van der Waals surface area contributed by atoms with E-state index in [0.717, 1.165) is 30.6 Å². The van der Waals surface area contributed by atoms with Crippen molar-refractivity contribution in [1.29, 1.82) is 0 Å². The van der Waals surface area contributed by atoms with E-state index in [1.165, 1.54) is 18.2 Å². The summed E-state index contributed by atoms with van der Waals surface area (Å²) in [4.78, 5) is 12.1. The van der Waals surface area contributed by atoms with Crippen molar-refractivity contribution in [3.05, 3.63) is 52.3 Å². The number of carbonyl (C=O) groups is 1. The van der Waals surface area contributed by atoms with Crippen LogP contribution in [-0.2, 0) is 6.54 Å². The van der Waals surface area contributed by atoms with Crippen molar-refractivity contribution < 1.29 is 9.90 Å². The number of nitrogens with zero attached hydrogens (tertiary/aromatic N) is 2. The normalized spacial score (nSPS) is 11.2. The fourth-order valence-corrected chi connectivity index (χ4v) is 2.45. The number of aryl methyl sites for hydroxylation is 2. The molecule has 0 unspecified atom stereocenters. The molecular weight excluding hydrogens is 300 g/mol. The first-order valence-corrected chi connectivity index (χ1v) is 7.65. The number of allylic oxidation sites excluding steroid dienone is 1. The molecule has 0 aliphatic heterocycles. The van der Waals surface area contributed by atoms with E-state index in [-0.39, 0.29) is 11.5 Å². The monoisotopic (exact) mass is 318 g/mol. The third kappa shape index (κ3) is 3.77. The number of hydrogen-bond donors (Lipinski definition) is 1. The third-order valence-electron chi connectivity index (χ3n) is 3.36. The maximum Gasteiger partial charge on any atom is 0.185 e. The molecule has 0 fully saturated rings. The number of phenols is 1. The van der Waals surface area contributed by atoms with Crippen LogP contribution in [0.4, 0.5) is 0 Å². The van der Waals surface area contributed by atoms with Crippen molar-refractivity contribution in [2.45, 2.75) is 33.2 Å². The number of ketones is 1. The van der Waals surface area contributed by atoms with E-state index in [9.17, 15) is 9.90 Å². The lowest BCUT2D eigenvalue weighted by molar-refractivity contribution is 0.104. The van der Waals surface area contributed by atoms with Crippen LogP contribution in [0.1, 0.15) is 41.4 Å². The molecule has 0 bridgehead atoms. The van der Waals surface area contributed by atoms with Crippen LogP contribution < -0.4 is 0 Å². The zero-order valence-electron chi connectivity index (χ0n) is 12.7. The van der Waals surface area contributed by atoms with E-state index in [1.54, 1.807) is 22.9 Å². The van der Waals surface area contributed by atoms with Crippen LogP contribution >= 0.6 is 11.6 Å². The summed E-state index contributed by atoms with van der Waals surface area (Å²) in [6.45, 7) is 4.75. The molecule has 2 rings (SSSR count). The van der Waals surface area contributed by atoms with Crippen LogP contribution in [0.3, 0.4) is 0 Å². The maximum absolute atomic E-state index is 12.1. The number of aromatic nitrogens is 2. The summed E-state index contributed by atoms with van der Waals surface area (Å²) in [5.74, 6) is -0.117. The molecule has 116 valence electrons. The highest BCUT2D eigenvalue weighted by molar-refractivity contribution is 6.31. The quantitative estimate of drug-likeness (QED) is 0.640. The Bertz CT molecular complexity index is 705. The molecule has 1 N–H and O–H groups in total. The molecule has 1 heterocycles. The van der Waals surface area contributed by atoms with Gasteiger partial charge in [-0.25, -0.2) is 0 Å². The van der Waals surface area contributed by atoms with Crippen LogP contribution in [0.15, 0.2) is 30.3 Å². The van der Waals surface area contributed by atoms with Crippen LogP contribution in [0.2, 0.25) is 5.15 Å². The number of unbranched alkanes of at least 4 members (excludes halogenated alkanes) is 1. The number of rotatable bonds is 6. The van der Waals surface area contributed by atoms with E-state index >= 15 is 0 Å². The number of phenolic OH excluding ortho intramolecular Hbond substituents is 1. The van der Waals surface area contributed by atoms with Crippen molar-refractivity contribution in [2.75, 3.05) is 0 Å². The molecule has 5 heteroatoms. The number of benzene rings is 1. The van der Waals surface area contributed by atoms with E-state index in [4.69, 9.17) is 11.6 Å². The van der Waals surface area contributed by atoms with Gasteiger partial charge in [-0.2, -0.15) is 5.10 Å². The summed E-state index contributed by atoms with van der Waals surface area (Å²) < 4.78 is 1.76. The summed E-state index contributed by atoms with van der Waals surface area (Å²) in [5.41, 5.74) is 1.98. The molecule has 0 saturated heterocycles. The first-order valence-electron chi connectivity index (χ1n) is 7.27. The Morgan fingerprint density at radius 3 is 2.91 bits per heavy atom. The van der Waals surface area contributed by atoms with Gasteiger partial charge in [0.15, 0.2) is 5.78 Å². The maximum atomic E-state index is 12.1. The van der Waals surface area contributed by atoms with E-state index < -0.39 is 0 Å². The Morgan fingerprint density at radius 2 is 2.23 bits per heavy atom. The summed E-state index contributed by atoms with van der Waals surface area (Å²) in [6, 6.07) is 6.26. The predicted octanol–water partition coefficient (Wildman–Crippen LogP) is 4.25. The molecule has 1 aromatic heterocycles. The highest BCUT2D eigenvalue weighted by atomic mass is 35.5. The lowest BCUT2D eigenvalue weighted by atomic mass is 10.1. The molecule has 1 aromatic carbocycles. The molecule has 0 aliphatic rings. The number of hydrogen-bond acceptors (Lipinski definition) is 3. The second-order valence-corrected chi connectivity index (χ2v) is 5.47. The second kappa shape index (κ2) is 7.27. The van der Waals surface area contributed by atoms with Gasteiger partial charge < -0.3 is 5.11 Å². The third-order valence-corrected chi connectivity index (χ3v) is 3.76. The summed E-state index contributed by atoms with van der Waals surface area (Å²) in [7, 11) is 0. The Hall–Kier alpha value is -2.07. The molecule has 0 amide bonds. The summed E-state index contributed by atoms with van der Waals surface area (Å²) in [6.07, 6.45) is 5.21. The molecule has 0 saturated carbocycles. The average molecular weight is 319 g/mol. The fraction of sp³-hybridized carbons (Fsp3) is 0.294. The smallest absolute Gasteiger partial charge is 0.185 e. The number of carbonyl (C=O) groups excluding carboxylic acids is 1. The average Bonchev–Trinajstić information content (AvgIpc) is 2.77. The lowest BCUT2D eigenvalue weighted by Gasteiger charge is -2.00. The minimum atomic E-state index is -0.187. The Kier molecular flexibility index (Phi) is 5.39. The first kappa shape index (κ1) is 16.3. The van der Waals surface area contributed by atoms with Gasteiger partial charge in [0.1, 0.15) is 10.9 Å². The molecule has 0 radical (unpaired) electrons. The van der Waals surface area contributed by atoms with Gasteiger partial charge in [-0.05, 0) is 37.6 Å². The predicted molar refractivity (Wildman–Crippen MR) is 88.4 cm³/mol. The van der Waals surface area contributed by atoms with Crippen molar-refractivity contribution in [2.24, 2.45) is 0 Å². The van der Waals surface area contributed by atoms with Crippen LogP contribution in [0.25, 0.3) is 6.08 Å². The molecule has 0 spiro atoms. The SMILES string of the molecule is CCCCn1nc(C)c(/C=C/C(=O)c2cccc(O)c2)c1Cl. The van der Waals surface area contributed by atoms with Gasteiger partial charge >= 0.3 is 0 Å². The largest absolute Gasteiger partial charge is 0.508 e. The van der Waals surface area contributed by atoms with Gasteiger partial charge in [0, 0.05) is 17.7 Å². The standard InChI is InChI=1S/C17H19ClN2O2/c1-3-4-10-20-17(18)15(12(2)19-20)8-9-16(22)13-6-5-7-14(21)11-13/h5-9,11,21H,3-4,10H2,1-2H3/b9-8+. The zero-order chi connectivity index (χ0) is 16.1. The van der Waals surface area contributed by atoms with Crippen molar-refractivity contribution in [3.63, 3.8) is 0 Å². The highest BCUT2D eigenvalue weighted by Gasteiger charge is 2.11. The minimum Gasteiger partial charge on any atom is -0.508 e. The van der Waals surface area contributed by atoms with Crippen LogP contribution in [0.5, 0.6) is 5.75 Å². The molecule has 0 atom stereocenters. The van der Waals surface area contributed by atoms with Gasteiger partial charge in [0.25, 0.3) is 0 Å². The zero-order valence-corrected chi connectivity index (χ0v) is 13.5.